The summed E-state index contributed by atoms with van der Waals surface area (Å²) in [5, 5.41) is 12.5. The van der Waals surface area contributed by atoms with Crippen molar-refractivity contribution in [1.29, 1.82) is 0 Å². The molecule has 0 unspecified atom stereocenters. The average Bonchev–Trinajstić information content (AvgIpc) is 3.26. The number of morpholine rings is 1. The van der Waals surface area contributed by atoms with Crippen LogP contribution in [-0.2, 0) is 4.74 Å². The highest BCUT2D eigenvalue weighted by Crippen LogP contribution is 2.41. The lowest BCUT2D eigenvalue weighted by molar-refractivity contribution is -0.00439. The van der Waals surface area contributed by atoms with Crippen LogP contribution in [0.2, 0.25) is 0 Å². The van der Waals surface area contributed by atoms with Crippen LogP contribution in [0.15, 0.2) is 24.3 Å². The third-order valence-corrected chi connectivity index (χ3v) is 4.51. The summed E-state index contributed by atoms with van der Waals surface area (Å²) < 4.78 is 19.2. The van der Waals surface area contributed by atoms with Crippen LogP contribution in [0.3, 0.4) is 0 Å². The third-order valence-electron chi connectivity index (χ3n) is 4.51. The highest BCUT2D eigenvalue weighted by Gasteiger charge is 2.42. The Morgan fingerprint density at radius 2 is 2.30 bits per heavy atom. The minimum atomic E-state index is -0.482. The molecule has 6 heteroatoms. The van der Waals surface area contributed by atoms with Gasteiger partial charge in [0.25, 0.3) is 0 Å². The summed E-state index contributed by atoms with van der Waals surface area (Å²) in [7, 11) is 0. The van der Waals surface area contributed by atoms with Crippen LogP contribution >= 0.6 is 0 Å². The molecule has 1 saturated carbocycles. The van der Waals surface area contributed by atoms with E-state index < -0.39 is 6.10 Å². The Kier molecular flexibility index (Phi) is 4.82. The number of carbonyl (C=O) groups excluding carboxylic acids is 1. The molecule has 23 heavy (non-hydrogen) atoms. The maximum Gasteiger partial charge on any atom is 0.318 e. The van der Waals surface area contributed by atoms with Crippen molar-refractivity contribution in [2.75, 3.05) is 19.8 Å². The van der Waals surface area contributed by atoms with Gasteiger partial charge in [0.2, 0.25) is 0 Å². The summed E-state index contributed by atoms with van der Waals surface area (Å²) in [4.78, 5) is 14.2. The molecule has 0 bridgehead atoms. The number of aliphatic hydroxyl groups excluding tert-OH is 1. The Balaban J connectivity index is 1.58. The molecular weight excluding hydrogens is 299 g/mol. The van der Waals surface area contributed by atoms with E-state index >= 15 is 0 Å². The number of carbonyl (C=O) groups is 1. The highest BCUT2D eigenvalue weighted by atomic mass is 19.1. The second-order valence-electron chi connectivity index (χ2n) is 6.43. The predicted molar refractivity (Wildman–Crippen MR) is 83.7 cm³/mol. The fourth-order valence-electron chi connectivity index (χ4n) is 3.23. The molecule has 2 fully saturated rings. The van der Waals surface area contributed by atoms with Crippen molar-refractivity contribution >= 4 is 6.03 Å². The standard InChI is InChI=1S/C17H23FN2O3/c1-11(21)8-12-10-23-7-6-20(12)17(22)19-16-9-14(16)13-4-2-3-5-15(13)18/h2-5,11-12,14,16,21H,6-10H2,1H3,(H,19,22)/t11-,12+,14-,16-/m0/s1. The first kappa shape index (κ1) is 16.2. The Bertz CT molecular complexity index is 567. The molecule has 1 aromatic rings. The van der Waals surface area contributed by atoms with E-state index in [9.17, 15) is 14.3 Å². The number of halogens is 1. The largest absolute Gasteiger partial charge is 0.393 e. The lowest BCUT2D eigenvalue weighted by atomic mass is 10.1. The molecule has 3 rings (SSSR count). The molecule has 1 aliphatic heterocycles. The number of urea groups is 1. The molecule has 1 saturated heterocycles. The van der Waals surface area contributed by atoms with E-state index in [4.69, 9.17) is 4.74 Å². The van der Waals surface area contributed by atoms with Gasteiger partial charge in [-0.15, -0.1) is 0 Å². The second kappa shape index (κ2) is 6.84. The molecular formula is C17H23FN2O3. The van der Waals surface area contributed by atoms with E-state index in [1.54, 1.807) is 24.0 Å². The molecule has 126 valence electrons. The summed E-state index contributed by atoms with van der Waals surface area (Å²) in [6.45, 7) is 3.17. The van der Waals surface area contributed by atoms with Gasteiger partial charge in [0.15, 0.2) is 0 Å². The molecule has 2 N–H and O–H groups in total. The Morgan fingerprint density at radius 3 is 3.04 bits per heavy atom. The van der Waals surface area contributed by atoms with E-state index in [0.29, 0.717) is 31.7 Å². The number of amides is 2. The van der Waals surface area contributed by atoms with Crippen molar-refractivity contribution in [3.8, 4) is 0 Å². The number of aliphatic hydroxyl groups is 1. The number of ether oxygens (including phenoxy) is 1. The van der Waals surface area contributed by atoms with Gasteiger partial charge in [0.05, 0.1) is 25.4 Å². The molecule has 4 atom stereocenters. The number of nitrogens with zero attached hydrogens (tertiary/aromatic N) is 1. The zero-order chi connectivity index (χ0) is 16.4. The molecule has 1 aliphatic carbocycles. The van der Waals surface area contributed by atoms with Crippen molar-refractivity contribution in [2.24, 2.45) is 0 Å². The van der Waals surface area contributed by atoms with Crippen LogP contribution in [0.4, 0.5) is 9.18 Å². The molecule has 0 spiro atoms. The van der Waals surface area contributed by atoms with Crippen molar-refractivity contribution < 1.29 is 19.0 Å². The SMILES string of the molecule is C[C@H](O)C[C@@H]1COCCN1C(=O)N[C@H]1C[C@H]1c1ccccc1F. The van der Waals surface area contributed by atoms with Gasteiger partial charge in [-0.3, -0.25) is 0 Å². The zero-order valence-electron chi connectivity index (χ0n) is 13.2. The molecule has 2 amide bonds. The normalized spacial score (nSPS) is 28.3. The van der Waals surface area contributed by atoms with Crippen molar-refractivity contribution in [3.05, 3.63) is 35.6 Å². The topological polar surface area (TPSA) is 61.8 Å². The number of rotatable bonds is 4. The predicted octanol–water partition coefficient (Wildman–Crippen LogP) is 1.86. The van der Waals surface area contributed by atoms with Gasteiger partial charge in [0.1, 0.15) is 5.82 Å². The zero-order valence-corrected chi connectivity index (χ0v) is 13.2. The lowest BCUT2D eigenvalue weighted by Crippen LogP contribution is -2.53. The van der Waals surface area contributed by atoms with E-state index in [-0.39, 0.29) is 29.8 Å². The summed E-state index contributed by atoms with van der Waals surface area (Å²) in [6.07, 6.45) is 0.775. The second-order valence-corrected chi connectivity index (χ2v) is 6.43. The van der Waals surface area contributed by atoms with Crippen LogP contribution in [-0.4, -0.2) is 54.0 Å². The molecule has 5 nitrogen and oxygen atoms in total. The quantitative estimate of drug-likeness (QED) is 0.889. The van der Waals surface area contributed by atoms with Crippen LogP contribution in [0.5, 0.6) is 0 Å². The van der Waals surface area contributed by atoms with Crippen molar-refractivity contribution in [3.63, 3.8) is 0 Å². The van der Waals surface area contributed by atoms with Crippen molar-refractivity contribution in [1.82, 2.24) is 10.2 Å². The molecule has 0 radical (unpaired) electrons. The number of nitrogens with one attached hydrogen (secondary N) is 1. The first-order valence-electron chi connectivity index (χ1n) is 8.13. The Morgan fingerprint density at radius 1 is 1.52 bits per heavy atom. The summed E-state index contributed by atoms with van der Waals surface area (Å²) in [5.74, 6) is -0.163. The summed E-state index contributed by atoms with van der Waals surface area (Å²) >= 11 is 0. The summed E-state index contributed by atoms with van der Waals surface area (Å²) in [5.41, 5.74) is 0.667. The van der Waals surface area contributed by atoms with Crippen LogP contribution in [0.1, 0.15) is 31.2 Å². The highest BCUT2D eigenvalue weighted by molar-refractivity contribution is 5.75. The van der Waals surface area contributed by atoms with E-state index in [2.05, 4.69) is 5.32 Å². The van der Waals surface area contributed by atoms with Crippen LogP contribution in [0, 0.1) is 5.82 Å². The first-order valence-corrected chi connectivity index (χ1v) is 8.13. The van der Waals surface area contributed by atoms with Gasteiger partial charge in [0, 0.05) is 18.5 Å². The first-order chi connectivity index (χ1) is 11.1. The van der Waals surface area contributed by atoms with Crippen LogP contribution < -0.4 is 5.32 Å². The number of hydrogen-bond donors (Lipinski definition) is 2. The monoisotopic (exact) mass is 322 g/mol. The smallest absolute Gasteiger partial charge is 0.318 e. The maximum absolute atomic E-state index is 13.8. The van der Waals surface area contributed by atoms with E-state index in [0.717, 1.165) is 6.42 Å². The van der Waals surface area contributed by atoms with Gasteiger partial charge in [-0.1, -0.05) is 18.2 Å². The average molecular weight is 322 g/mol. The van der Waals surface area contributed by atoms with Gasteiger partial charge in [-0.05, 0) is 31.4 Å². The van der Waals surface area contributed by atoms with Crippen molar-refractivity contribution in [2.45, 2.75) is 43.9 Å². The summed E-state index contributed by atoms with van der Waals surface area (Å²) in [6, 6.07) is 6.43. The molecule has 2 aliphatic rings. The Hall–Kier alpha value is -1.66. The fraction of sp³-hybridized carbons (Fsp3) is 0.588. The minimum Gasteiger partial charge on any atom is -0.393 e. The fourth-order valence-corrected chi connectivity index (χ4v) is 3.23. The van der Waals surface area contributed by atoms with Gasteiger partial charge in [-0.2, -0.15) is 0 Å². The number of hydrogen-bond acceptors (Lipinski definition) is 3. The molecule has 1 heterocycles. The molecule has 1 aromatic carbocycles. The Labute approximate surface area is 135 Å². The van der Waals surface area contributed by atoms with Crippen LogP contribution in [0.25, 0.3) is 0 Å². The third kappa shape index (κ3) is 3.82. The van der Waals surface area contributed by atoms with Gasteiger partial charge >= 0.3 is 6.03 Å². The lowest BCUT2D eigenvalue weighted by Gasteiger charge is -2.36. The van der Waals surface area contributed by atoms with E-state index in [1.807, 2.05) is 6.07 Å². The molecule has 0 aromatic heterocycles. The minimum absolute atomic E-state index is 0.0190. The number of benzene rings is 1. The van der Waals surface area contributed by atoms with Gasteiger partial charge < -0.3 is 20.1 Å². The van der Waals surface area contributed by atoms with Gasteiger partial charge in [-0.25, -0.2) is 9.18 Å². The van der Waals surface area contributed by atoms with E-state index in [1.165, 1.54) is 6.07 Å². The maximum atomic E-state index is 13.8.